The number of rotatable bonds is 6. The number of amidine groups is 2. The van der Waals surface area contributed by atoms with Gasteiger partial charge in [0, 0.05) is 53.1 Å². The molecule has 6 heteroatoms. The second kappa shape index (κ2) is 14.3. The first-order chi connectivity index (χ1) is 31.2. The van der Waals surface area contributed by atoms with Gasteiger partial charge in [-0.1, -0.05) is 157 Å². The highest BCUT2D eigenvalue weighted by Gasteiger charge is 2.19. The largest absolute Gasteiger partial charge is 0.438 e. The summed E-state index contributed by atoms with van der Waals surface area (Å²) in [4.78, 5) is 10.1. The Morgan fingerprint density at radius 2 is 0.952 bits per heavy atom. The lowest BCUT2D eigenvalue weighted by Gasteiger charge is -2.32. The van der Waals surface area contributed by atoms with Crippen molar-refractivity contribution < 1.29 is 0 Å². The molecule has 1 aliphatic heterocycles. The molecule has 0 aliphatic carbocycles. The second-order valence-corrected chi connectivity index (χ2v) is 17.3. The zero-order chi connectivity index (χ0) is 41.4. The number of benzene rings is 9. The normalized spacial score (nSPS) is 14.2. The Morgan fingerprint density at radius 3 is 1.73 bits per heavy atom. The van der Waals surface area contributed by atoms with E-state index in [1.807, 2.05) is 47.7 Å². The standard InChI is InChI=1S/C57H36N5S/c1-4-15-36(16-5-1)55-58-56(37-17-6-2-7-18-37)60-57(59-55)40-28-29-45-47-35-54-48(34-52(47)61(51(45)32-40)41-20-8-3-9-21-41)46-30-27-39(33-53(46)63-54)38-19-14-22-42(31-38)62-49-25-12-10-23-43(49)44-24-11-13-26-50(44)62/h1-35,55H/q-1. The molecule has 12 aromatic rings. The van der Waals surface area contributed by atoms with Gasteiger partial charge >= 0.3 is 0 Å². The third-order valence-corrected chi connectivity index (χ3v) is 13.6. The van der Waals surface area contributed by atoms with E-state index in [2.05, 4.69) is 185 Å². The highest BCUT2D eigenvalue weighted by Crippen LogP contribution is 2.43. The first kappa shape index (κ1) is 35.7. The molecule has 63 heavy (non-hydrogen) atoms. The number of hydrogen-bond donors (Lipinski definition) is 0. The number of thiophene rings is 1. The van der Waals surface area contributed by atoms with Crippen molar-refractivity contribution in [3.8, 4) is 22.5 Å². The van der Waals surface area contributed by atoms with E-state index in [-0.39, 0.29) is 0 Å². The highest BCUT2D eigenvalue weighted by molar-refractivity contribution is 7.26. The molecule has 296 valence electrons. The van der Waals surface area contributed by atoms with Gasteiger partial charge in [-0.15, -0.1) is 11.3 Å². The van der Waals surface area contributed by atoms with E-state index in [0.29, 0.717) is 11.7 Å². The molecular weight excluding hydrogens is 787 g/mol. The Morgan fingerprint density at radius 1 is 0.381 bits per heavy atom. The van der Waals surface area contributed by atoms with Gasteiger partial charge < -0.3 is 19.4 Å². The number of para-hydroxylation sites is 3. The summed E-state index contributed by atoms with van der Waals surface area (Å²) in [6.45, 7) is 0. The zero-order valence-electron chi connectivity index (χ0n) is 33.9. The summed E-state index contributed by atoms with van der Waals surface area (Å²) in [7, 11) is 0. The van der Waals surface area contributed by atoms with E-state index in [4.69, 9.17) is 15.3 Å². The molecule has 3 aromatic heterocycles. The van der Waals surface area contributed by atoms with Gasteiger partial charge in [0.1, 0.15) is 0 Å². The summed E-state index contributed by atoms with van der Waals surface area (Å²) in [5.41, 5.74) is 12.3. The van der Waals surface area contributed by atoms with E-state index >= 15 is 0 Å². The maximum Gasteiger partial charge on any atom is 0.0822 e. The number of nitrogens with zero attached hydrogens (tertiary/aromatic N) is 5. The number of hydrogen-bond acceptors (Lipinski definition) is 3. The Bertz CT molecular complexity index is 3770. The smallest absolute Gasteiger partial charge is 0.0822 e. The first-order valence-electron chi connectivity index (χ1n) is 21.3. The number of aromatic nitrogens is 2. The van der Waals surface area contributed by atoms with Crippen LogP contribution in [0.4, 0.5) is 0 Å². The van der Waals surface area contributed by atoms with Crippen molar-refractivity contribution in [1.29, 1.82) is 0 Å². The molecule has 0 saturated heterocycles. The van der Waals surface area contributed by atoms with Crippen molar-refractivity contribution in [2.45, 2.75) is 6.17 Å². The molecule has 0 bridgehead atoms. The van der Waals surface area contributed by atoms with E-state index in [9.17, 15) is 0 Å². The van der Waals surface area contributed by atoms with Gasteiger partial charge in [0.25, 0.3) is 0 Å². The molecule has 4 heterocycles. The van der Waals surface area contributed by atoms with Crippen molar-refractivity contribution in [2.24, 2.45) is 9.98 Å². The van der Waals surface area contributed by atoms with Gasteiger partial charge in [-0.2, -0.15) is 0 Å². The van der Waals surface area contributed by atoms with Gasteiger partial charge in [-0.05, 0) is 88.5 Å². The Balaban J connectivity index is 0.937. The summed E-state index contributed by atoms with van der Waals surface area (Å²) >= 11 is 1.87. The van der Waals surface area contributed by atoms with Crippen LogP contribution < -0.4 is 0 Å². The molecule has 0 radical (unpaired) electrons. The van der Waals surface area contributed by atoms with Crippen molar-refractivity contribution >= 4 is 86.8 Å². The van der Waals surface area contributed by atoms with Crippen LogP contribution in [-0.4, -0.2) is 20.8 Å². The molecule has 0 spiro atoms. The topological polar surface area (TPSA) is 48.7 Å². The zero-order valence-corrected chi connectivity index (χ0v) is 34.7. The fourth-order valence-corrected chi connectivity index (χ4v) is 10.7. The van der Waals surface area contributed by atoms with Crippen LogP contribution >= 0.6 is 11.3 Å². The van der Waals surface area contributed by atoms with Crippen molar-refractivity contribution in [2.75, 3.05) is 0 Å². The fraction of sp³-hybridized carbons (Fsp3) is 0.0175. The minimum absolute atomic E-state index is 0.394. The maximum atomic E-state index is 5.16. The molecule has 5 nitrogen and oxygen atoms in total. The van der Waals surface area contributed by atoms with Gasteiger partial charge in [0.05, 0.1) is 34.1 Å². The first-order valence-corrected chi connectivity index (χ1v) is 22.1. The Labute approximate surface area is 367 Å². The maximum absolute atomic E-state index is 5.16. The molecule has 0 amide bonds. The van der Waals surface area contributed by atoms with E-state index < -0.39 is 6.17 Å². The average molecular weight is 823 g/mol. The fourth-order valence-electron chi connectivity index (χ4n) is 9.54. The SMILES string of the molecule is c1ccc(C2=NC(c3ccccc3)[N-]C(c3ccc4c5cc6sc7cc(-c8cccc(-n9c%10ccccc%10c%10ccccc%109)c8)ccc7c6cc5n(-c5ccccc5)c4c3)=N2)cc1. The molecule has 13 rings (SSSR count). The molecule has 9 aromatic carbocycles. The third kappa shape index (κ3) is 5.83. The average Bonchev–Trinajstić information content (AvgIpc) is 4.00. The Kier molecular flexibility index (Phi) is 8.08. The van der Waals surface area contributed by atoms with Crippen LogP contribution in [0.3, 0.4) is 0 Å². The minimum atomic E-state index is -0.394. The monoisotopic (exact) mass is 822 g/mol. The van der Waals surface area contributed by atoms with E-state index in [1.54, 1.807) is 0 Å². The van der Waals surface area contributed by atoms with E-state index in [0.717, 1.165) is 33.6 Å². The van der Waals surface area contributed by atoms with Gasteiger partial charge in [-0.3, -0.25) is 4.99 Å². The molecule has 1 unspecified atom stereocenters. The summed E-state index contributed by atoms with van der Waals surface area (Å²) in [5, 5.41) is 12.6. The lowest BCUT2D eigenvalue weighted by atomic mass is 10.0. The summed E-state index contributed by atoms with van der Waals surface area (Å²) in [6.07, 6.45) is -0.394. The molecule has 0 N–H and O–H groups in total. The van der Waals surface area contributed by atoms with Crippen LogP contribution in [0, 0.1) is 0 Å². The summed E-state index contributed by atoms with van der Waals surface area (Å²) in [5.74, 6) is 1.36. The number of aliphatic imine (C=N–C) groups is 2. The van der Waals surface area contributed by atoms with E-state index in [1.165, 1.54) is 69.4 Å². The van der Waals surface area contributed by atoms with Crippen LogP contribution in [0.1, 0.15) is 22.9 Å². The minimum Gasteiger partial charge on any atom is -0.438 e. The summed E-state index contributed by atoms with van der Waals surface area (Å²) < 4.78 is 7.33. The summed E-state index contributed by atoms with van der Waals surface area (Å²) in [6, 6.07) is 75.9. The second-order valence-electron chi connectivity index (χ2n) is 16.2. The van der Waals surface area contributed by atoms with Gasteiger partial charge in [-0.25, -0.2) is 0 Å². The number of fused-ring (bicyclic) bond motifs is 9. The van der Waals surface area contributed by atoms with Crippen molar-refractivity contribution in [1.82, 2.24) is 9.13 Å². The van der Waals surface area contributed by atoms with Crippen LogP contribution in [0.5, 0.6) is 0 Å². The van der Waals surface area contributed by atoms with Crippen LogP contribution in [0.2, 0.25) is 0 Å². The highest BCUT2D eigenvalue weighted by atomic mass is 32.1. The lowest BCUT2D eigenvalue weighted by molar-refractivity contribution is 0.878. The Hall–Kier alpha value is -8.06. The predicted octanol–water partition coefficient (Wildman–Crippen LogP) is 15.2. The van der Waals surface area contributed by atoms with Crippen LogP contribution in [-0.2, 0) is 0 Å². The van der Waals surface area contributed by atoms with Crippen LogP contribution in [0.15, 0.2) is 222 Å². The lowest BCUT2D eigenvalue weighted by Crippen LogP contribution is -2.15. The molecule has 0 saturated carbocycles. The third-order valence-electron chi connectivity index (χ3n) is 12.5. The van der Waals surface area contributed by atoms with Crippen LogP contribution in [0.25, 0.3) is 91.6 Å². The molecule has 1 atom stereocenters. The molecule has 1 aliphatic rings. The van der Waals surface area contributed by atoms with Crippen molar-refractivity contribution in [3.05, 3.63) is 234 Å². The quantitative estimate of drug-likeness (QED) is 0.160. The van der Waals surface area contributed by atoms with Gasteiger partial charge in [0.2, 0.25) is 0 Å². The predicted molar refractivity (Wildman–Crippen MR) is 266 cm³/mol. The van der Waals surface area contributed by atoms with Crippen molar-refractivity contribution in [3.63, 3.8) is 0 Å². The molecule has 0 fully saturated rings. The van der Waals surface area contributed by atoms with Gasteiger partial charge in [0.15, 0.2) is 0 Å². The molecular formula is C57H36N5S-.